The summed E-state index contributed by atoms with van der Waals surface area (Å²) in [6.45, 7) is 4.16. The van der Waals surface area contributed by atoms with Crippen molar-refractivity contribution in [1.29, 1.82) is 0 Å². The van der Waals surface area contributed by atoms with Crippen LogP contribution >= 0.6 is 0 Å². The topological polar surface area (TPSA) is 60.5 Å². The second kappa shape index (κ2) is 7.99. The van der Waals surface area contributed by atoms with Gasteiger partial charge < -0.3 is 19.2 Å². The minimum absolute atomic E-state index is 0.0973. The number of aromatic amines is 1. The molecule has 0 unspecified atom stereocenters. The van der Waals surface area contributed by atoms with Crippen LogP contribution in [0.25, 0.3) is 17.0 Å². The number of aromatic nitrogens is 1. The van der Waals surface area contributed by atoms with E-state index in [0.717, 1.165) is 16.5 Å². The maximum absolute atomic E-state index is 13.0. The number of benzene rings is 2. The first-order valence-electron chi connectivity index (χ1n) is 8.77. The van der Waals surface area contributed by atoms with Crippen LogP contribution in [0.3, 0.4) is 0 Å². The average Bonchev–Trinajstić information content (AvgIpc) is 3.10. The van der Waals surface area contributed by atoms with E-state index < -0.39 is 0 Å². The van der Waals surface area contributed by atoms with Gasteiger partial charge in [-0.25, -0.2) is 0 Å². The van der Waals surface area contributed by atoms with E-state index in [1.165, 1.54) is 0 Å². The van der Waals surface area contributed by atoms with Crippen LogP contribution in [-0.2, 0) is 0 Å². The quantitative estimate of drug-likeness (QED) is 0.479. The number of ketones is 1. The Morgan fingerprint density at radius 2 is 1.78 bits per heavy atom. The normalized spacial score (nSPS) is 11.5. The molecule has 1 N–H and O–H groups in total. The standard InChI is InChI=1S/C22H23NO4/c1-5-27-22-19(25-3)11-15(12-20(22)26-4)21(24)14(2)10-16-13-23-18-9-7-6-8-17(16)18/h6-13,23H,5H2,1-4H3/b14-10+. The molecule has 0 amide bonds. The highest BCUT2D eigenvalue weighted by Crippen LogP contribution is 2.39. The predicted molar refractivity (Wildman–Crippen MR) is 107 cm³/mol. The fraction of sp³-hybridized carbons (Fsp3) is 0.227. The van der Waals surface area contributed by atoms with Gasteiger partial charge in [-0.15, -0.1) is 0 Å². The zero-order valence-electron chi connectivity index (χ0n) is 16.0. The molecular weight excluding hydrogens is 342 g/mol. The molecule has 1 aromatic heterocycles. The SMILES string of the molecule is CCOc1c(OC)cc(C(=O)/C(C)=C/c2c[nH]c3ccccc23)cc1OC. The number of fused-ring (bicyclic) bond motifs is 1. The van der Waals surface area contributed by atoms with Crippen molar-refractivity contribution in [1.82, 2.24) is 4.98 Å². The summed E-state index contributed by atoms with van der Waals surface area (Å²) in [5.41, 5.74) is 3.11. The van der Waals surface area contributed by atoms with Crippen molar-refractivity contribution < 1.29 is 19.0 Å². The van der Waals surface area contributed by atoms with E-state index >= 15 is 0 Å². The van der Waals surface area contributed by atoms with Gasteiger partial charge in [-0.05, 0) is 43.7 Å². The number of Topliss-reactive ketones (excluding diaryl/α,β-unsaturated/α-hetero) is 1. The van der Waals surface area contributed by atoms with Crippen LogP contribution in [0.4, 0.5) is 0 Å². The van der Waals surface area contributed by atoms with E-state index in [1.54, 1.807) is 33.3 Å². The summed E-state index contributed by atoms with van der Waals surface area (Å²) in [6.07, 6.45) is 3.79. The Balaban J connectivity index is 1.99. The van der Waals surface area contributed by atoms with Gasteiger partial charge in [-0.2, -0.15) is 0 Å². The molecule has 27 heavy (non-hydrogen) atoms. The van der Waals surface area contributed by atoms with E-state index in [2.05, 4.69) is 4.98 Å². The Bertz CT molecular complexity index is 975. The molecule has 0 spiro atoms. The number of H-pyrrole nitrogens is 1. The Kier molecular flexibility index (Phi) is 5.50. The molecule has 0 bridgehead atoms. The molecule has 0 fully saturated rings. The van der Waals surface area contributed by atoms with Crippen molar-refractivity contribution in [3.63, 3.8) is 0 Å². The number of carbonyl (C=O) groups is 1. The van der Waals surface area contributed by atoms with Crippen molar-refractivity contribution in [3.8, 4) is 17.2 Å². The third-order valence-corrected chi connectivity index (χ3v) is 4.36. The maximum Gasteiger partial charge on any atom is 0.203 e. The van der Waals surface area contributed by atoms with Gasteiger partial charge in [0.2, 0.25) is 5.75 Å². The van der Waals surface area contributed by atoms with Crippen LogP contribution in [0.5, 0.6) is 17.2 Å². The molecule has 0 saturated carbocycles. The first kappa shape index (κ1) is 18.6. The lowest BCUT2D eigenvalue weighted by atomic mass is 10.0. The van der Waals surface area contributed by atoms with Crippen molar-refractivity contribution in [2.75, 3.05) is 20.8 Å². The largest absolute Gasteiger partial charge is 0.493 e. The molecule has 0 aliphatic heterocycles. The molecule has 0 atom stereocenters. The summed E-state index contributed by atoms with van der Waals surface area (Å²) in [5.74, 6) is 1.34. The summed E-state index contributed by atoms with van der Waals surface area (Å²) in [4.78, 5) is 16.2. The van der Waals surface area contributed by atoms with E-state index in [0.29, 0.717) is 35.0 Å². The van der Waals surface area contributed by atoms with Crippen LogP contribution in [0, 0.1) is 0 Å². The number of ether oxygens (including phenoxy) is 3. The fourth-order valence-electron chi connectivity index (χ4n) is 3.04. The molecule has 0 aliphatic rings. The van der Waals surface area contributed by atoms with Crippen LogP contribution in [0.2, 0.25) is 0 Å². The fourth-order valence-corrected chi connectivity index (χ4v) is 3.04. The molecule has 0 radical (unpaired) electrons. The average molecular weight is 365 g/mol. The third kappa shape index (κ3) is 3.67. The van der Waals surface area contributed by atoms with Crippen molar-refractivity contribution in [2.24, 2.45) is 0 Å². The number of carbonyl (C=O) groups excluding carboxylic acids is 1. The summed E-state index contributed by atoms with van der Waals surface area (Å²) in [5, 5.41) is 1.08. The summed E-state index contributed by atoms with van der Waals surface area (Å²) in [7, 11) is 3.08. The van der Waals surface area contributed by atoms with Gasteiger partial charge in [0, 0.05) is 28.2 Å². The molecule has 0 saturated heterocycles. The lowest BCUT2D eigenvalue weighted by molar-refractivity contribution is 0.103. The van der Waals surface area contributed by atoms with E-state index in [4.69, 9.17) is 14.2 Å². The summed E-state index contributed by atoms with van der Waals surface area (Å²) < 4.78 is 16.4. The van der Waals surface area contributed by atoms with Gasteiger partial charge in [0.15, 0.2) is 17.3 Å². The van der Waals surface area contributed by atoms with Crippen LogP contribution in [0.15, 0.2) is 48.2 Å². The maximum atomic E-state index is 13.0. The molecule has 3 rings (SSSR count). The minimum Gasteiger partial charge on any atom is -0.493 e. The van der Waals surface area contributed by atoms with Crippen molar-refractivity contribution >= 4 is 22.8 Å². The second-order valence-electron chi connectivity index (χ2n) is 6.09. The third-order valence-electron chi connectivity index (χ3n) is 4.36. The minimum atomic E-state index is -0.0973. The zero-order chi connectivity index (χ0) is 19.4. The lowest BCUT2D eigenvalue weighted by Gasteiger charge is -2.15. The number of para-hydroxylation sites is 1. The van der Waals surface area contributed by atoms with E-state index in [9.17, 15) is 4.79 Å². The van der Waals surface area contributed by atoms with Crippen LogP contribution in [0.1, 0.15) is 29.8 Å². The highest BCUT2D eigenvalue weighted by molar-refractivity contribution is 6.12. The number of methoxy groups -OCH3 is 2. The van der Waals surface area contributed by atoms with Crippen molar-refractivity contribution in [3.05, 3.63) is 59.3 Å². The Hall–Kier alpha value is -3.21. The van der Waals surface area contributed by atoms with Gasteiger partial charge in [0.1, 0.15) is 0 Å². The summed E-state index contributed by atoms with van der Waals surface area (Å²) in [6, 6.07) is 11.4. The Morgan fingerprint density at radius 3 is 2.41 bits per heavy atom. The molecule has 2 aromatic carbocycles. The number of hydrogen-bond donors (Lipinski definition) is 1. The van der Waals surface area contributed by atoms with Gasteiger partial charge in [-0.3, -0.25) is 4.79 Å². The number of rotatable bonds is 7. The van der Waals surface area contributed by atoms with Gasteiger partial charge in [-0.1, -0.05) is 18.2 Å². The highest BCUT2D eigenvalue weighted by Gasteiger charge is 2.18. The molecule has 1 heterocycles. The number of nitrogens with one attached hydrogen (secondary N) is 1. The predicted octanol–water partition coefficient (Wildman–Crippen LogP) is 4.87. The number of hydrogen-bond acceptors (Lipinski definition) is 4. The van der Waals surface area contributed by atoms with E-state index in [1.807, 2.05) is 43.5 Å². The number of allylic oxidation sites excluding steroid dienone is 1. The van der Waals surface area contributed by atoms with Gasteiger partial charge >= 0.3 is 0 Å². The Labute approximate surface area is 158 Å². The second-order valence-corrected chi connectivity index (χ2v) is 6.09. The first-order valence-corrected chi connectivity index (χ1v) is 8.77. The van der Waals surface area contributed by atoms with E-state index in [-0.39, 0.29) is 5.78 Å². The summed E-state index contributed by atoms with van der Waals surface area (Å²) >= 11 is 0. The molecule has 140 valence electrons. The smallest absolute Gasteiger partial charge is 0.203 e. The molecule has 5 nitrogen and oxygen atoms in total. The molecule has 5 heteroatoms. The van der Waals surface area contributed by atoms with Gasteiger partial charge in [0.25, 0.3) is 0 Å². The monoisotopic (exact) mass is 365 g/mol. The Morgan fingerprint density at radius 1 is 1.11 bits per heavy atom. The first-order chi connectivity index (χ1) is 13.1. The molecular formula is C22H23NO4. The molecule has 3 aromatic rings. The lowest BCUT2D eigenvalue weighted by Crippen LogP contribution is -2.05. The highest BCUT2D eigenvalue weighted by atomic mass is 16.5. The zero-order valence-corrected chi connectivity index (χ0v) is 16.0. The van der Waals surface area contributed by atoms with Crippen LogP contribution < -0.4 is 14.2 Å². The molecule has 0 aliphatic carbocycles. The van der Waals surface area contributed by atoms with Crippen molar-refractivity contribution in [2.45, 2.75) is 13.8 Å². The van der Waals surface area contributed by atoms with Gasteiger partial charge in [0.05, 0.1) is 20.8 Å². The van der Waals surface area contributed by atoms with Crippen LogP contribution in [-0.4, -0.2) is 31.6 Å².